The lowest BCUT2D eigenvalue weighted by molar-refractivity contribution is 1.33. The Labute approximate surface area is 266 Å². The van der Waals surface area contributed by atoms with Crippen molar-refractivity contribution in [1.29, 1.82) is 0 Å². The fourth-order valence-corrected chi connectivity index (χ4v) is 8.79. The average molecular weight is 594 g/mol. The van der Waals surface area contributed by atoms with Crippen LogP contribution in [0.25, 0.3) is 54.2 Å². The van der Waals surface area contributed by atoms with Crippen molar-refractivity contribution >= 4 is 73.4 Å². The minimum atomic E-state index is -1.56. The molecule has 8 aromatic carbocycles. The van der Waals surface area contributed by atoms with Gasteiger partial charge in [-0.3, -0.25) is 0 Å². The topological polar surface area (TPSA) is 3.24 Å². The molecule has 8 aromatic rings. The summed E-state index contributed by atoms with van der Waals surface area (Å²) >= 11 is 0. The Morgan fingerprint density at radius 1 is 0.400 bits per heavy atom. The van der Waals surface area contributed by atoms with E-state index in [4.69, 9.17) is 0 Å². The fourth-order valence-electron chi connectivity index (χ4n) is 7.18. The van der Waals surface area contributed by atoms with Crippen LogP contribution in [0.2, 0.25) is 19.6 Å². The number of hydrogen-bond donors (Lipinski definition) is 0. The van der Waals surface area contributed by atoms with Crippen LogP contribution in [0, 0.1) is 0 Å². The van der Waals surface area contributed by atoms with Gasteiger partial charge in [0, 0.05) is 21.8 Å². The summed E-state index contributed by atoms with van der Waals surface area (Å²) in [4.78, 5) is 2.48. The number of para-hydroxylation sites is 1. The highest BCUT2D eigenvalue weighted by molar-refractivity contribution is 6.90. The smallest absolute Gasteiger partial charge is 0.0784 e. The third-order valence-corrected chi connectivity index (χ3v) is 11.2. The Kier molecular flexibility index (Phi) is 6.55. The van der Waals surface area contributed by atoms with Gasteiger partial charge in [-0.1, -0.05) is 164 Å². The van der Waals surface area contributed by atoms with Gasteiger partial charge in [0.1, 0.15) is 0 Å². The van der Waals surface area contributed by atoms with E-state index in [0.29, 0.717) is 0 Å². The van der Waals surface area contributed by atoms with Crippen LogP contribution in [0.3, 0.4) is 0 Å². The second kappa shape index (κ2) is 10.8. The molecule has 0 atom stereocenters. The summed E-state index contributed by atoms with van der Waals surface area (Å²) in [6, 6.07) is 58.0. The van der Waals surface area contributed by atoms with Gasteiger partial charge in [0.2, 0.25) is 0 Å². The van der Waals surface area contributed by atoms with Gasteiger partial charge in [0.15, 0.2) is 0 Å². The van der Waals surface area contributed by atoms with E-state index in [0.717, 1.165) is 5.69 Å². The van der Waals surface area contributed by atoms with Crippen LogP contribution in [0.5, 0.6) is 0 Å². The molecule has 45 heavy (non-hydrogen) atoms. The van der Waals surface area contributed by atoms with Crippen molar-refractivity contribution in [3.05, 3.63) is 158 Å². The van der Waals surface area contributed by atoms with Gasteiger partial charge in [-0.2, -0.15) is 0 Å². The maximum Gasteiger partial charge on any atom is 0.0784 e. The van der Waals surface area contributed by atoms with Gasteiger partial charge >= 0.3 is 0 Å². The van der Waals surface area contributed by atoms with Crippen LogP contribution in [0.4, 0.5) is 17.1 Å². The first-order valence-electron chi connectivity index (χ1n) is 15.8. The molecule has 0 saturated carbocycles. The van der Waals surface area contributed by atoms with Crippen molar-refractivity contribution in [1.82, 2.24) is 0 Å². The lowest BCUT2D eigenvalue weighted by Crippen LogP contribution is -2.38. The predicted molar refractivity (Wildman–Crippen MR) is 200 cm³/mol. The number of rotatable bonds is 5. The van der Waals surface area contributed by atoms with E-state index in [-0.39, 0.29) is 0 Å². The van der Waals surface area contributed by atoms with Crippen molar-refractivity contribution in [2.75, 3.05) is 4.90 Å². The highest BCUT2D eigenvalue weighted by Crippen LogP contribution is 2.49. The summed E-state index contributed by atoms with van der Waals surface area (Å²) in [7, 11) is -1.56. The van der Waals surface area contributed by atoms with Crippen molar-refractivity contribution in [2.45, 2.75) is 19.6 Å². The van der Waals surface area contributed by atoms with Gasteiger partial charge in [0.25, 0.3) is 0 Å². The molecular weight excluding hydrogens is 559 g/mol. The molecule has 8 rings (SSSR count). The molecule has 0 amide bonds. The first-order chi connectivity index (χ1) is 22.0. The van der Waals surface area contributed by atoms with Crippen LogP contribution >= 0.6 is 0 Å². The zero-order valence-corrected chi connectivity index (χ0v) is 27.0. The van der Waals surface area contributed by atoms with Gasteiger partial charge in [-0.05, 0) is 56.3 Å². The minimum absolute atomic E-state index is 1.14. The molecular formula is C43H35NSi. The summed E-state index contributed by atoms with van der Waals surface area (Å²) < 4.78 is 0. The highest BCUT2D eigenvalue weighted by Gasteiger charge is 2.25. The maximum absolute atomic E-state index is 2.48. The summed E-state index contributed by atoms with van der Waals surface area (Å²) in [5.41, 5.74) is 6.11. The number of nitrogens with zero attached hydrogens (tertiary/aromatic N) is 1. The Bertz CT molecular complexity index is 2300. The number of anilines is 3. The zero-order chi connectivity index (χ0) is 30.5. The van der Waals surface area contributed by atoms with Gasteiger partial charge in [-0.15, -0.1) is 0 Å². The lowest BCUT2D eigenvalue weighted by Gasteiger charge is -2.30. The Morgan fingerprint density at radius 2 is 0.911 bits per heavy atom. The van der Waals surface area contributed by atoms with Crippen LogP contribution in [-0.4, -0.2) is 8.07 Å². The van der Waals surface area contributed by atoms with Crippen LogP contribution < -0.4 is 10.1 Å². The molecule has 2 heteroatoms. The van der Waals surface area contributed by atoms with E-state index in [9.17, 15) is 0 Å². The van der Waals surface area contributed by atoms with Crippen molar-refractivity contribution in [2.24, 2.45) is 0 Å². The van der Waals surface area contributed by atoms with Crippen molar-refractivity contribution in [3.8, 4) is 11.1 Å². The molecule has 0 aliphatic carbocycles. The van der Waals surface area contributed by atoms with E-state index in [2.05, 4.69) is 182 Å². The van der Waals surface area contributed by atoms with Crippen LogP contribution in [-0.2, 0) is 0 Å². The van der Waals surface area contributed by atoms with E-state index in [1.807, 2.05) is 0 Å². The second-order valence-electron chi connectivity index (χ2n) is 12.9. The summed E-state index contributed by atoms with van der Waals surface area (Å²) in [5, 5.41) is 11.7. The zero-order valence-electron chi connectivity index (χ0n) is 26.0. The molecule has 0 heterocycles. The number of hydrogen-bond acceptors (Lipinski definition) is 1. The van der Waals surface area contributed by atoms with Gasteiger partial charge in [-0.25, -0.2) is 0 Å². The summed E-state index contributed by atoms with van der Waals surface area (Å²) in [6.45, 7) is 7.33. The van der Waals surface area contributed by atoms with E-state index in [1.54, 1.807) is 0 Å². The normalized spacial score (nSPS) is 11.9. The average Bonchev–Trinajstić information content (AvgIpc) is 3.08. The highest BCUT2D eigenvalue weighted by atomic mass is 28.3. The molecule has 0 aliphatic heterocycles. The molecule has 1 nitrogen and oxygen atoms in total. The fraction of sp³-hybridized carbons (Fsp3) is 0.0698. The molecule has 0 aliphatic rings. The Morgan fingerprint density at radius 3 is 1.56 bits per heavy atom. The largest absolute Gasteiger partial charge is 0.309 e. The molecule has 216 valence electrons. The predicted octanol–water partition coefficient (Wildman–Crippen LogP) is 12.0. The number of benzene rings is 8. The van der Waals surface area contributed by atoms with E-state index in [1.165, 1.54) is 70.8 Å². The quantitative estimate of drug-likeness (QED) is 0.142. The monoisotopic (exact) mass is 593 g/mol. The molecule has 0 aromatic heterocycles. The molecule has 0 bridgehead atoms. The lowest BCUT2D eigenvalue weighted by atomic mass is 9.87. The van der Waals surface area contributed by atoms with Gasteiger partial charge in [0.05, 0.1) is 19.4 Å². The maximum atomic E-state index is 2.48. The Hall–Kier alpha value is -5.18. The molecule has 0 fully saturated rings. The van der Waals surface area contributed by atoms with E-state index >= 15 is 0 Å². The molecule has 0 spiro atoms. The van der Waals surface area contributed by atoms with E-state index < -0.39 is 8.07 Å². The SMILES string of the molecule is C[Si](C)(C)c1ccc(-c2c3ccccc3c(N(c3ccccc3)c3cccc4ccccc34)c3ccccc23)c2ccccc12. The Balaban J connectivity index is 1.52. The third kappa shape index (κ3) is 4.53. The van der Waals surface area contributed by atoms with Crippen molar-refractivity contribution in [3.63, 3.8) is 0 Å². The standard InChI is InChI=1S/C43H35NSi/c1-45(2,3)41-29-28-37(33-21-9-10-22-34(33)41)42-35-23-11-13-25-38(35)43(39-26-14-12-24-36(39)42)44(31-18-5-4-6-19-31)40-27-15-17-30-16-7-8-20-32(30)40/h4-29H,1-3H3. The second-order valence-corrected chi connectivity index (χ2v) is 18.0. The first-order valence-corrected chi connectivity index (χ1v) is 19.3. The van der Waals surface area contributed by atoms with Crippen LogP contribution in [0.1, 0.15) is 0 Å². The first kappa shape index (κ1) is 27.4. The summed E-state index contributed by atoms with van der Waals surface area (Å²) in [6.07, 6.45) is 0. The molecule has 0 radical (unpaired) electrons. The van der Waals surface area contributed by atoms with Crippen molar-refractivity contribution < 1.29 is 0 Å². The van der Waals surface area contributed by atoms with Gasteiger partial charge < -0.3 is 4.90 Å². The molecule has 0 saturated heterocycles. The molecule has 0 N–H and O–H groups in total. The third-order valence-electron chi connectivity index (χ3n) is 9.15. The number of fused-ring (bicyclic) bond motifs is 4. The van der Waals surface area contributed by atoms with Crippen LogP contribution in [0.15, 0.2) is 158 Å². The molecule has 0 unspecified atom stereocenters. The summed E-state index contributed by atoms with van der Waals surface area (Å²) in [5.74, 6) is 0. The minimum Gasteiger partial charge on any atom is -0.309 e.